The van der Waals surface area contributed by atoms with Gasteiger partial charge >= 0.3 is 0 Å². The summed E-state index contributed by atoms with van der Waals surface area (Å²) in [6.07, 6.45) is 0. The van der Waals surface area contributed by atoms with Gasteiger partial charge in [0.1, 0.15) is 0 Å². The number of hydrogen-bond acceptors (Lipinski definition) is 3. The van der Waals surface area contributed by atoms with Crippen LogP contribution in [0.15, 0.2) is 0 Å². The SMILES string of the molecule is CCN(CC(C)C(=N)N)S(=O)(=O)NC(C)(C)C. The van der Waals surface area contributed by atoms with E-state index in [9.17, 15) is 8.42 Å². The van der Waals surface area contributed by atoms with Gasteiger partial charge in [0.25, 0.3) is 10.2 Å². The molecule has 0 heterocycles. The van der Waals surface area contributed by atoms with E-state index in [2.05, 4.69) is 4.72 Å². The monoisotopic (exact) mass is 264 g/mol. The summed E-state index contributed by atoms with van der Waals surface area (Å²) in [6.45, 7) is 9.42. The zero-order valence-electron chi connectivity index (χ0n) is 11.2. The Morgan fingerprint density at radius 3 is 2.24 bits per heavy atom. The molecule has 1 atom stereocenters. The van der Waals surface area contributed by atoms with Gasteiger partial charge in [0.2, 0.25) is 0 Å². The Labute approximate surface area is 104 Å². The predicted molar refractivity (Wildman–Crippen MR) is 70.1 cm³/mol. The fraction of sp³-hybridized carbons (Fsp3) is 0.900. The van der Waals surface area contributed by atoms with Crippen LogP contribution in [0.5, 0.6) is 0 Å². The Bertz CT molecular complexity index is 359. The zero-order chi connectivity index (χ0) is 13.9. The molecular formula is C10H24N4O2S. The van der Waals surface area contributed by atoms with Crippen LogP contribution >= 0.6 is 0 Å². The molecule has 0 aliphatic rings. The van der Waals surface area contributed by atoms with Crippen molar-refractivity contribution in [2.24, 2.45) is 11.7 Å². The van der Waals surface area contributed by atoms with E-state index in [1.807, 2.05) is 0 Å². The summed E-state index contributed by atoms with van der Waals surface area (Å²) in [7, 11) is -3.53. The lowest BCUT2D eigenvalue weighted by Gasteiger charge is -2.28. The predicted octanol–water partition coefficient (Wildman–Crippen LogP) is 0.513. The molecule has 7 heteroatoms. The van der Waals surface area contributed by atoms with E-state index in [-0.39, 0.29) is 18.3 Å². The van der Waals surface area contributed by atoms with Crippen molar-refractivity contribution < 1.29 is 8.42 Å². The molecule has 0 aromatic rings. The highest BCUT2D eigenvalue weighted by molar-refractivity contribution is 7.87. The van der Waals surface area contributed by atoms with Crippen LogP contribution in [0.3, 0.4) is 0 Å². The molecule has 0 spiro atoms. The first kappa shape index (κ1) is 16.3. The molecule has 6 nitrogen and oxygen atoms in total. The van der Waals surface area contributed by atoms with Gasteiger partial charge in [-0.3, -0.25) is 5.41 Å². The largest absolute Gasteiger partial charge is 0.387 e. The fourth-order valence-corrected chi connectivity index (χ4v) is 2.92. The third-order valence-electron chi connectivity index (χ3n) is 2.14. The van der Waals surface area contributed by atoms with Gasteiger partial charge in [-0.15, -0.1) is 0 Å². The van der Waals surface area contributed by atoms with Crippen molar-refractivity contribution in [2.45, 2.75) is 40.2 Å². The average molecular weight is 264 g/mol. The normalized spacial score (nSPS) is 14.9. The van der Waals surface area contributed by atoms with Crippen LogP contribution in [0, 0.1) is 11.3 Å². The van der Waals surface area contributed by atoms with Gasteiger partial charge in [-0.25, -0.2) is 0 Å². The van der Waals surface area contributed by atoms with Gasteiger partial charge < -0.3 is 5.73 Å². The second-order valence-electron chi connectivity index (χ2n) is 5.16. The molecule has 0 aromatic heterocycles. The van der Waals surface area contributed by atoms with Crippen LogP contribution in [0.1, 0.15) is 34.6 Å². The van der Waals surface area contributed by atoms with E-state index in [1.54, 1.807) is 34.6 Å². The number of amidine groups is 1. The van der Waals surface area contributed by atoms with Gasteiger partial charge in [-0.1, -0.05) is 13.8 Å². The first-order valence-electron chi connectivity index (χ1n) is 5.62. The lowest BCUT2D eigenvalue weighted by Crippen LogP contribution is -2.50. The summed E-state index contributed by atoms with van der Waals surface area (Å²) in [6, 6.07) is 0. The molecule has 0 aromatic carbocycles. The van der Waals surface area contributed by atoms with Crippen LogP contribution in [0.25, 0.3) is 0 Å². The lowest BCUT2D eigenvalue weighted by molar-refractivity contribution is 0.379. The summed E-state index contributed by atoms with van der Waals surface area (Å²) < 4.78 is 28.0. The van der Waals surface area contributed by atoms with Gasteiger partial charge in [0, 0.05) is 24.5 Å². The average Bonchev–Trinajstić information content (AvgIpc) is 2.08. The number of nitrogens with one attached hydrogen (secondary N) is 2. The molecule has 0 saturated heterocycles. The van der Waals surface area contributed by atoms with Crippen LogP contribution in [0.2, 0.25) is 0 Å². The molecule has 4 N–H and O–H groups in total. The highest BCUT2D eigenvalue weighted by Crippen LogP contribution is 2.09. The smallest absolute Gasteiger partial charge is 0.279 e. The van der Waals surface area contributed by atoms with Crippen LogP contribution < -0.4 is 10.5 Å². The first-order chi connectivity index (χ1) is 7.49. The van der Waals surface area contributed by atoms with Crippen molar-refractivity contribution in [3.63, 3.8) is 0 Å². The van der Waals surface area contributed by atoms with E-state index in [4.69, 9.17) is 11.1 Å². The Morgan fingerprint density at radius 1 is 1.47 bits per heavy atom. The topological polar surface area (TPSA) is 99.3 Å². The summed E-state index contributed by atoms with van der Waals surface area (Å²) in [5.41, 5.74) is 4.83. The molecule has 102 valence electrons. The molecular weight excluding hydrogens is 240 g/mol. The minimum absolute atomic E-state index is 0.00518. The molecule has 0 aliphatic heterocycles. The van der Waals surface area contributed by atoms with Gasteiger partial charge in [0.05, 0.1) is 5.84 Å². The molecule has 0 rings (SSSR count). The molecule has 0 aliphatic carbocycles. The van der Waals surface area contributed by atoms with E-state index in [0.29, 0.717) is 6.54 Å². The number of hydrogen-bond donors (Lipinski definition) is 3. The quantitative estimate of drug-likeness (QED) is 0.481. The van der Waals surface area contributed by atoms with Crippen LogP contribution in [0.4, 0.5) is 0 Å². The summed E-state index contributed by atoms with van der Waals surface area (Å²) in [5.74, 6) is -0.291. The third kappa shape index (κ3) is 5.99. The number of rotatable bonds is 6. The van der Waals surface area contributed by atoms with Crippen molar-refractivity contribution >= 4 is 16.0 Å². The standard InChI is InChI=1S/C10H24N4O2S/c1-6-14(7-8(2)9(11)12)17(15,16)13-10(3,4)5/h8,13H,6-7H2,1-5H3,(H3,11,12). The molecule has 0 bridgehead atoms. The zero-order valence-corrected chi connectivity index (χ0v) is 12.1. The van der Waals surface area contributed by atoms with Crippen molar-refractivity contribution in [1.29, 1.82) is 5.41 Å². The van der Waals surface area contributed by atoms with Crippen LogP contribution in [-0.2, 0) is 10.2 Å². The Balaban J connectivity index is 4.82. The summed E-state index contributed by atoms with van der Waals surface area (Å²) >= 11 is 0. The first-order valence-corrected chi connectivity index (χ1v) is 7.06. The Morgan fingerprint density at radius 2 is 1.94 bits per heavy atom. The highest BCUT2D eigenvalue weighted by atomic mass is 32.2. The molecule has 1 unspecified atom stereocenters. The van der Waals surface area contributed by atoms with E-state index < -0.39 is 15.7 Å². The number of nitrogens with zero attached hydrogens (tertiary/aromatic N) is 1. The van der Waals surface area contributed by atoms with Gasteiger partial charge in [0.15, 0.2) is 0 Å². The maximum atomic E-state index is 12.0. The van der Waals surface area contributed by atoms with Crippen molar-refractivity contribution in [3.8, 4) is 0 Å². The van der Waals surface area contributed by atoms with Crippen molar-refractivity contribution in [1.82, 2.24) is 9.03 Å². The minimum Gasteiger partial charge on any atom is -0.387 e. The maximum Gasteiger partial charge on any atom is 0.279 e. The van der Waals surface area contributed by atoms with E-state index in [0.717, 1.165) is 0 Å². The Kier molecular flexibility index (Phi) is 5.57. The van der Waals surface area contributed by atoms with E-state index in [1.165, 1.54) is 4.31 Å². The van der Waals surface area contributed by atoms with Crippen molar-refractivity contribution in [3.05, 3.63) is 0 Å². The second-order valence-corrected chi connectivity index (χ2v) is 6.83. The number of nitrogens with two attached hydrogens (primary N) is 1. The molecule has 0 saturated carbocycles. The molecule has 0 radical (unpaired) electrons. The molecule has 0 fully saturated rings. The Hall–Kier alpha value is -0.660. The van der Waals surface area contributed by atoms with Crippen LogP contribution in [-0.4, -0.2) is 37.2 Å². The summed E-state index contributed by atoms with van der Waals surface area (Å²) in [5, 5.41) is 7.29. The maximum absolute atomic E-state index is 12.0. The van der Waals surface area contributed by atoms with Gasteiger partial charge in [-0.05, 0) is 20.8 Å². The lowest BCUT2D eigenvalue weighted by atomic mass is 10.1. The molecule has 17 heavy (non-hydrogen) atoms. The second kappa shape index (κ2) is 5.79. The van der Waals surface area contributed by atoms with Gasteiger partial charge in [-0.2, -0.15) is 17.4 Å². The highest BCUT2D eigenvalue weighted by Gasteiger charge is 2.27. The molecule has 0 amide bonds. The van der Waals surface area contributed by atoms with E-state index >= 15 is 0 Å². The third-order valence-corrected chi connectivity index (χ3v) is 4.09. The fourth-order valence-electron chi connectivity index (χ4n) is 1.25. The summed E-state index contributed by atoms with van der Waals surface area (Å²) in [4.78, 5) is 0. The minimum atomic E-state index is -3.53. The van der Waals surface area contributed by atoms with Crippen molar-refractivity contribution in [2.75, 3.05) is 13.1 Å².